The molecule has 0 atom stereocenters. The number of nitrogens with zero attached hydrogens (tertiary/aromatic N) is 3. The van der Waals surface area contributed by atoms with Crippen LogP contribution in [0.1, 0.15) is 28.4 Å². The summed E-state index contributed by atoms with van der Waals surface area (Å²) in [5, 5.41) is 4.56. The Hall–Kier alpha value is -3.44. The number of halogens is 1. The van der Waals surface area contributed by atoms with E-state index in [0.717, 1.165) is 22.5 Å². The molecule has 0 fully saturated rings. The van der Waals surface area contributed by atoms with Crippen LogP contribution in [0.25, 0.3) is 0 Å². The summed E-state index contributed by atoms with van der Waals surface area (Å²) in [6, 6.07) is 22.7. The van der Waals surface area contributed by atoms with Crippen molar-refractivity contribution >= 4 is 40.8 Å². The molecule has 0 bridgehead atoms. The molecule has 0 aliphatic rings. The first-order chi connectivity index (χ1) is 14.4. The zero-order valence-corrected chi connectivity index (χ0v) is 17.9. The highest BCUT2D eigenvalue weighted by Crippen LogP contribution is 2.16. The van der Waals surface area contributed by atoms with Crippen molar-refractivity contribution < 1.29 is 4.79 Å². The van der Waals surface area contributed by atoms with Gasteiger partial charge in [-0.1, -0.05) is 48.0 Å². The van der Waals surface area contributed by atoms with Gasteiger partial charge in [-0.25, -0.2) is 5.43 Å². The van der Waals surface area contributed by atoms with Crippen LogP contribution in [0.3, 0.4) is 0 Å². The minimum Gasteiger partial charge on any atom is -0.378 e. The molecular formula is C24H23ClN4O. The van der Waals surface area contributed by atoms with E-state index in [9.17, 15) is 4.79 Å². The van der Waals surface area contributed by atoms with Crippen LogP contribution in [-0.2, 0) is 0 Å². The number of anilines is 1. The Bertz CT molecular complexity index is 1070. The van der Waals surface area contributed by atoms with Gasteiger partial charge in [-0.05, 0) is 54.4 Å². The molecule has 152 valence electrons. The first-order valence-corrected chi connectivity index (χ1v) is 9.83. The predicted molar refractivity (Wildman–Crippen MR) is 126 cm³/mol. The van der Waals surface area contributed by atoms with Crippen LogP contribution in [0.15, 0.2) is 82.9 Å². The highest BCUT2D eigenvalue weighted by atomic mass is 35.5. The summed E-state index contributed by atoms with van der Waals surface area (Å²) in [5.41, 5.74) is 7.52. The van der Waals surface area contributed by atoms with Gasteiger partial charge in [-0.2, -0.15) is 5.10 Å². The van der Waals surface area contributed by atoms with Gasteiger partial charge in [0.05, 0.1) is 22.0 Å². The maximum Gasteiger partial charge on any atom is 0.272 e. The van der Waals surface area contributed by atoms with Crippen LogP contribution in [0.2, 0.25) is 5.02 Å². The Morgan fingerprint density at radius 2 is 1.63 bits per heavy atom. The number of nitrogens with one attached hydrogen (secondary N) is 1. The number of hydrogen-bond acceptors (Lipinski definition) is 4. The molecule has 0 radical (unpaired) electrons. The van der Waals surface area contributed by atoms with Gasteiger partial charge in [0.1, 0.15) is 0 Å². The minimum atomic E-state index is -0.346. The molecule has 0 unspecified atom stereocenters. The van der Waals surface area contributed by atoms with Gasteiger partial charge < -0.3 is 4.90 Å². The normalized spacial score (nSPS) is 11.5. The average Bonchev–Trinajstić information content (AvgIpc) is 2.76. The molecule has 30 heavy (non-hydrogen) atoms. The third kappa shape index (κ3) is 5.55. The molecule has 6 heteroatoms. The van der Waals surface area contributed by atoms with Gasteiger partial charge in [0.2, 0.25) is 0 Å². The molecule has 0 aliphatic heterocycles. The summed E-state index contributed by atoms with van der Waals surface area (Å²) >= 11 is 6.04. The van der Waals surface area contributed by atoms with Crippen LogP contribution < -0.4 is 10.3 Å². The van der Waals surface area contributed by atoms with Crippen molar-refractivity contribution in [3.63, 3.8) is 0 Å². The molecule has 3 aromatic carbocycles. The lowest BCUT2D eigenvalue weighted by molar-refractivity contribution is 0.0955. The predicted octanol–water partition coefficient (Wildman–Crippen LogP) is 5.31. The van der Waals surface area contributed by atoms with Crippen LogP contribution in [0, 0.1) is 0 Å². The number of carbonyl (C=O) groups is 1. The van der Waals surface area contributed by atoms with E-state index in [1.165, 1.54) is 0 Å². The van der Waals surface area contributed by atoms with Crippen molar-refractivity contribution in [2.24, 2.45) is 10.1 Å². The number of carbonyl (C=O) groups excluding carboxylic acids is 1. The van der Waals surface area contributed by atoms with E-state index in [1.54, 1.807) is 24.3 Å². The number of amides is 1. The average molecular weight is 419 g/mol. The molecule has 0 aromatic heterocycles. The van der Waals surface area contributed by atoms with Gasteiger partial charge in [0, 0.05) is 26.0 Å². The van der Waals surface area contributed by atoms with Gasteiger partial charge in [-0.15, -0.1) is 0 Å². The summed E-state index contributed by atoms with van der Waals surface area (Å²) in [6.07, 6.45) is 1.83. The van der Waals surface area contributed by atoms with E-state index in [4.69, 9.17) is 11.6 Å². The van der Waals surface area contributed by atoms with Crippen molar-refractivity contribution in [3.8, 4) is 0 Å². The molecule has 0 saturated heterocycles. The van der Waals surface area contributed by atoms with Crippen LogP contribution in [0.4, 0.5) is 11.4 Å². The molecule has 1 N–H and O–H groups in total. The Balaban J connectivity index is 1.63. The van der Waals surface area contributed by atoms with E-state index in [2.05, 4.69) is 32.6 Å². The van der Waals surface area contributed by atoms with E-state index < -0.39 is 0 Å². The van der Waals surface area contributed by atoms with Gasteiger partial charge in [-0.3, -0.25) is 9.79 Å². The topological polar surface area (TPSA) is 57.1 Å². The second-order valence-electron chi connectivity index (χ2n) is 6.91. The maximum absolute atomic E-state index is 12.2. The maximum atomic E-state index is 12.2. The number of aliphatic imine (C=N–C) groups is 1. The number of hydrogen-bond donors (Lipinski definition) is 1. The Morgan fingerprint density at radius 1 is 0.967 bits per heavy atom. The Morgan fingerprint density at radius 3 is 2.27 bits per heavy atom. The fraction of sp³-hybridized carbons (Fsp3) is 0.125. The number of hydrazone groups is 1. The third-order valence-electron chi connectivity index (χ3n) is 4.50. The van der Waals surface area contributed by atoms with Crippen molar-refractivity contribution in [3.05, 3.63) is 94.5 Å². The van der Waals surface area contributed by atoms with Crippen LogP contribution in [-0.4, -0.2) is 31.9 Å². The molecule has 3 rings (SSSR count). The fourth-order valence-electron chi connectivity index (χ4n) is 2.70. The zero-order chi connectivity index (χ0) is 21.5. The minimum absolute atomic E-state index is 0.346. The lowest BCUT2D eigenvalue weighted by Crippen LogP contribution is -2.19. The molecule has 0 saturated carbocycles. The van der Waals surface area contributed by atoms with Gasteiger partial charge >= 0.3 is 0 Å². The Labute approximate surface area is 181 Å². The molecule has 1 amide bonds. The first kappa shape index (κ1) is 21.3. The van der Waals surface area contributed by atoms with Crippen molar-refractivity contribution in [2.75, 3.05) is 19.0 Å². The highest BCUT2D eigenvalue weighted by Gasteiger charge is 2.08. The van der Waals surface area contributed by atoms with Crippen molar-refractivity contribution in [2.45, 2.75) is 6.92 Å². The molecule has 0 heterocycles. The van der Waals surface area contributed by atoms with Gasteiger partial charge in [0.15, 0.2) is 0 Å². The lowest BCUT2D eigenvalue weighted by Gasteiger charge is -2.11. The van der Waals surface area contributed by atoms with E-state index >= 15 is 0 Å². The quantitative estimate of drug-likeness (QED) is 0.435. The number of benzene rings is 3. The van der Waals surface area contributed by atoms with Gasteiger partial charge in [0.25, 0.3) is 5.91 Å². The highest BCUT2D eigenvalue weighted by molar-refractivity contribution is 6.33. The third-order valence-corrected chi connectivity index (χ3v) is 4.83. The SMILES string of the molecule is C/C(=N\NC(=O)c1ccccc1Cl)c1ccc(N=Cc2ccc(N(C)C)cc2)cc1. The summed E-state index contributed by atoms with van der Waals surface area (Å²) in [5.74, 6) is -0.346. The fourth-order valence-corrected chi connectivity index (χ4v) is 2.92. The monoisotopic (exact) mass is 418 g/mol. The molecule has 0 spiro atoms. The summed E-state index contributed by atoms with van der Waals surface area (Å²) in [7, 11) is 4.02. The molecule has 5 nitrogen and oxygen atoms in total. The smallest absolute Gasteiger partial charge is 0.272 e. The molecule has 0 aliphatic carbocycles. The van der Waals surface area contributed by atoms with Crippen molar-refractivity contribution in [1.29, 1.82) is 0 Å². The lowest BCUT2D eigenvalue weighted by atomic mass is 10.1. The summed E-state index contributed by atoms with van der Waals surface area (Å²) < 4.78 is 0. The second-order valence-corrected chi connectivity index (χ2v) is 7.32. The first-order valence-electron chi connectivity index (χ1n) is 9.45. The summed E-state index contributed by atoms with van der Waals surface area (Å²) in [4.78, 5) is 18.8. The molecular weight excluding hydrogens is 396 g/mol. The second kappa shape index (κ2) is 9.85. The van der Waals surface area contributed by atoms with Crippen LogP contribution >= 0.6 is 11.6 Å². The van der Waals surface area contributed by atoms with E-state index in [-0.39, 0.29) is 5.91 Å². The zero-order valence-electron chi connectivity index (χ0n) is 17.1. The van der Waals surface area contributed by atoms with Crippen LogP contribution in [0.5, 0.6) is 0 Å². The number of rotatable bonds is 6. The van der Waals surface area contributed by atoms with Crippen molar-refractivity contribution in [1.82, 2.24) is 5.43 Å². The standard InChI is InChI=1S/C24H23ClN4O/c1-17(27-28-24(30)22-6-4-5-7-23(22)25)19-10-12-20(13-11-19)26-16-18-8-14-21(15-9-18)29(2)3/h4-16H,1-3H3,(H,28,30)/b26-16?,27-17+. The Kier molecular flexibility index (Phi) is 6.99. The van der Waals surface area contributed by atoms with E-state index in [0.29, 0.717) is 16.3 Å². The summed E-state index contributed by atoms with van der Waals surface area (Å²) in [6.45, 7) is 1.83. The molecule has 3 aromatic rings. The van der Waals surface area contributed by atoms with E-state index in [1.807, 2.05) is 63.6 Å². The largest absolute Gasteiger partial charge is 0.378 e.